The van der Waals surface area contributed by atoms with Gasteiger partial charge in [0.1, 0.15) is 10.7 Å². The number of carbonyl (C=O) groups is 1. The lowest BCUT2D eigenvalue weighted by molar-refractivity contribution is -0.117. The fraction of sp³-hybridized carbons (Fsp3) is 0.500. The first kappa shape index (κ1) is 20.7. The molecule has 3 aromatic heterocycles. The van der Waals surface area contributed by atoms with Gasteiger partial charge in [0.05, 0.1) is 35.6 Å². The Balaban J connectivity index is 1.32. The third-order valence-corrected chi connectivity index (χ3v) is 6.79. The number of nitrogens with one attached hydrogen (secondary N) is 3. The van der Waals surface area contributed by atoms with Crippen LogP contribution in [0.2, 0.25) is 0 Å². The molecule has 1 amide bonds. The summed E-state index contributed by atoms with van der Waals surface area (Å²) < 4.78 is 0. The molecule has 30 heavy (non-hydrogen) atoms. The van der Waals surface area contributed by atoms with Gasteiger partial charge in [-0.2, -0.15) is 5.10 Å². The summed E-state index contributed by atoms with van der Waals surface area (Å²) in [6, 6.07) is 0. The van der Waals surface area contributed by atoms with Gasteiger partial charge in [-0.3, -0.25) is 24.5 Å². The Kier molecular flexibility index (Phi) is 5.72. The van der Waals surface area contributed by atoms with Crippen LogP contribution in [0.3, 0.4) is 0 Å². The first-order valence-corrected chi connectivity index (χ1v) is 10.9. The maximum absolute atomic E-state index is 12.5. The average Bonchev–Trinajstić information content (AvgIpc) is 3.16. The molecule has 9 nitrogen and oxygen atoms in total. The number of nitrogens with zero attached hydrogens (tertiary/aromatic N) is 4. The number of hydrogen-bond acceptors (Lipinski definition) is 7. The molecule has 160 valence electrons. The van der Waals surface area contributed by atoms with Crippen molar-refractivity contribution in [2.75, 3.05) is 38.0 Å². The number of piperazine rings is 1. The van der Waals surface area contributed by atoms with E-state index in [4.69, 9.17) is 0 Å². The maximum Gasteiger partial charge on any atom is 0.259 e. The molecule has 3 N–H and O–H groups in total. The average molecular weight is 430 g/mol. The van der Waals surface area contributed by atoms with Crippen LogP contribution < -0.4 is 10.9 Å². The van der Waals surface area contributed by atoms with Gasteiger partial charge in [-0.05, 0) is 33.3 Å². The van der Waals surface area contributed by atoms with Crippen LogP contribution >= 0.6 is 11.3 Å². The topological polar surface area (TPSA) is 110 Å². The molecular weight excluding hydrogens is 402 g/mol. The van der Waals surface area contributed by atoms with Crippen molar-refractivity contribution in [3.8, 4) is 0 Å². The molecule has 1 fully saturated rings. The number of fused-ring (bicyclic) bond motifs is 1. The summed E-state index contributed by atoms with van der Waals surface area (Å²) in [4.78, 5) is 38.8. The van der Waals surface area contributed by atoms with E-state index in [2.05, 4.69) is 35.3 Å². The number of rotatable bonds is 5. The predicted octanol–water partition coefficient (Wildman–Crippen LogP) is 1.70. The number of aromatic nitrogens is 4. The number of carbonyl (C=O) groups excluding carboxylic acids is 1. The Bertz CT molecular complexity index is 1120. The zero-order chi connectivity index (χ0) is 21.4. The summed E-state index contributed by atoms with van der Waals surface area (Å²) in [5.74, 6) is 0.668. The summed E-state index contributed by atoms with van der Waals surface area (Å²) in [5, 5.41) is 10.6. The molecule has 0 atom stereocenters. The Morgan fingerprint density at radius 1 is 1.13 bits per heavy atom. The van der Waals surface area contributed by atoms with E-state index < -0.39 is 0 Å². The number of H-pyrrole nitrogens is 2. The Morgan fingerprint density at radius 2 is 1.83 bits per heavy atom. The van der Waals surface area contributed by atoms with E-state index in [-0.39, 0.29) is 11.5 Å². The number of aryl methyl sites for hydroxylation is 4. The second-order valence-corrected chi connectivity index (χ2v) is 9.09. The van der Waals surface area contributed by atoms with Crippen LogP contribution in [-0.2, 0) is 11.3 Å². The van der Waals surface area contributed by atoms with E-state index in [1.165, 1.54) is 0 Å². The fourth-order valence-electron chi connectivity index (χ4n) is 3.81. The molecule has 10 heteroatoms. The van der Waals surface area contributed by atoms with Gasteiger partial charge in [-0.1, -0.05) is 0 Å². The first-order valence-electron chi connectivity index (χ1n) is 10.1. The molecule has 0 aliphatic carbocycles. The van der Waals surface area contributed by atoms with Gasteiger partial charge in [0, 0.05) is 31.1 Å². The minimum Gasteiger partial charge on any atom is -0.322 e. The number of amides is 1. The zero-order valence-electron chi connectivity index (χ0n) is 17.8. The molecule has 1 aliphatic rings. The van der Waals surface area contributed by atoms with Gasteiger partial charge in [0.2, 0.25) is 5.91 Å². The molecule has 0 radical (unpaired) electrons. The lowest BCUT2D eigenvalue weighted by Gasteiger charge is -2.33. The van der Waals surface area contributed by atoms with Crippen LogP contribution in [0.1, 0.15) is 27.7 Å². The molecule has 4 rings (SSSR count). The standard InChI is InChI=1S/C20H27N7O2S/c1-11-14(4)30-20-17(11)19(29)21-15(22-20)9-26-5-7-27(8-6-26)10-16(28)23-18-12(2)24-25-13(18)3/h5-10H2,1-4H3,(H,23,28)(H,24,25)(H,21,22,29). The summed E-state index contributed by atoms with van der Waals surface area (Å²) in [7, 11) is 0. The maximum atomic E-state index is 12.5. The van der Waals surface area contributed by atoms with Crippen molar-refractivity contribution in [3.63, 3.8) is 0 Å². The van der Waals surface area contributed by atoms with Gasteiger partial charge in [-0.15, -0.1) is 11.3 Å². The van der Waals surface area contributed by atoms with Crippen LogP contribution in [0.25, 0.3) is 10.2 Å². The highest BCUT2D eigenvalue weighted by molar-refractivity contribution is 7.18. The smallest absolute Gasteiger partial charge is 0.259 e. The normalized spacial score (nSPS) is 15.7. The van der Waals surface area contributed by atoms with E-state index in [0.29, 0.717) is 24.3 Å². The Morgan fingerprint density at radius 3 is 2.50 bits per heavy atom. The molecular formula is C20H27N7O2S. The first-order chi connectivity index (χ1) is 14.3. The van der Waals surface area contributed by atoms with Gasteiger partial charge in [0.15, 0.2) is 0 Å². The lowest BCUT2D eigenvalue weighted by atomic mass is 10.2. The van der Waals surface area contributed by atoms with Crippen LogP contribution in [0.4, 0.5) is 5.69 Å². The highest BCUT2D eigenvalue weighted by Crippen LogP contribution is 2.25. The summed E-state index contributed by atoms with van der Waals surface area (Å²) >= 11 is 1.57. The minimum atomic E-state index is -0.0583. The van der Waals surface area contributed by atoms with Crippen LogP contribution in [0.15, 0.2) is 4.79 Å². The number of anilines is 1. The third kappa shape index (κ3) is 4.16. The van der Waals surface area contributed by atoms with Gasteiger partial charge in [-0.25, -0.2) is 4.98 Å². The lowest BCUT2D eigenvalue weighted by Crippen LogP contribution is -2.48. The van der Waals surface area contributed by atoms with Crippen LogP contribution in [0, 0.1) is 27.7 Å². The van der Waals surface area contributed by atoms with Crippen molar-refractivity contribution in [1.82, 2.24) is 30.0 Å². The predicted molar refractivity (Wildman–Crippen MR) is 118 cm³/mol. The number of thiophene rings is 1. The van der Waals surface area contributed by atoms with Crippen molar-refractivity contribution < 1.29 is 4.79 Å². The van der Waals surface area contributed by atoms with Crippen molar-refractivity contribution in [2.45, 2.75) is 34.2 Å². The van der Waals surface area contributed by atoms with Crippen LogP contribution in [-0.4, -0.2) is 68.6 Å². The summed E-state index contributed by atoms with van der Waals surface area (Å²) in [6.07, 6.45) is 0. The molecule has 0 spiro atoms. The highest BCUT2D eigenvalue weighted by atomic mass is 32.1. The number of aromatic amines is 2. The molecule has 0 aromatic carbocycles. The summed E-state index contributed by atoms with van der Waals surface area (Å²) in [6.45, 7) is 11.9. The second-order valence-electron chi connectivity index (χ2n) is 7.89. The largest absolute Gasteiger partial charge is 0.322 e. The molecule has 0 bridgehead atoms. The van der Waals surface area contributed by atoms with Gasteiger partial charge >= 0.3 is 0 Å². The van der Waals surface area contributed by atoms with Crippen molar-refractivity contribution in [2.24, 2.45) is 0 Å². The van der Waals surface area contributed by atoms with Crippen molar-refractivity contribution in [1.29, 1.82) is 0 Å². The van der Waals surface area contributed by atoms with Crippen molar-refractivity contribution in [3.05, 3.63) is 38.0 Å². The van der Waals surface area contributed by atoms with Crippen LogP contribution in [0.5, 0.6) is 0 Å². The monoisotopic (exact) mass is 429 g/mol. The number of hydrogen-bond donors (Lipinski definition) is 3. The van der Waals surface area contributed by atoms with E-state index in [1.807, 2.05) is 27.7 Å². The molecule has 0 saturated carbocycles. The minimum absolute atomic E-state index is 0.0315. The van der Waals surface area contributed by atoms with E-state index >= 15 is 0 Å². The van der Waals surface area contributed by atoms with E-state index in [0.717, 1.165) is 58.5 Å². The summed E-state index contributed by atoms with van der Waals surface area (Å²) in [5.41, 5.74) is 3.38. The SMILES string of the molecule is Cc1n[nH]c(C)c1NC(=O)CN1CCN(Cc2nc3sc(C)c(C)c3c(=O)[nH]2)CC1. The highest BCUT2D eigenvalue weighted by Gasteiger charge is 2.21. The third-order valence-electron chi connectivity index (χ3n) is 5.69. The van der Waals surface area contributed by atoms with Gasteiger partial charge in [0.25, 0.3) is 5.56 Å². The van der Waals surface area contributed by atoms with E-state index in [1.54, 1.807) is 11.3 Å². The zero-order valence-corrected chi connectivity index (χ0v) is 18.6. The van der Waals surface area contributed by atoms with E-state index in [9.17, 15) is 9.59 Å². The molecule has 3 aromatic rings. The Hall–Kier alpha value is -2.56. The fourth-order valence-corrected chi connectivity index (χ4v) is 4.86. The van der Waals surface area contributed by atoms with Gasteiger partial charge < -0.3 is 10.3 Å². The Labute approximate surface area is 178 Å². The molecule has 1 aliphatic heterocycles. The second kappa shape index (κ2) is 8.29. The quantitative estimate of drug-likeness (QED) is 0.569. The molecule has 4 heterocycles. The molecule has 0 unspecified atom stereocenters. The van der Waals surface area contributed by atoms with Crippen molar-refractivity contribution >= 4 is 33.1 Å². The molecule has 1 saturated heterocycles.